The van der Waals surface area contributed by atoms with Crippen LogP contribution in [0.5, 0.6) is 23.0 Å². The number of hydrogen-bond acceptors (Lipinski definition) is 7. The molecule has 57 heavy (non-hydrogen) atoms. The fourth-order valence-corrected chi connectivity index (χ4v) is 11.6. The van der Waals surface area contributed by atoms with Crippen molar-refractivity contribution in [2.24, 2.45) is 10.8 Å². The molecule has 7 heteroatoms. The number of rotatable bonds is 5. The minimum absolute atomic E-state index is 0.111. The first kappa shape index (κ1) is 36.5. The van der Waals surface area contributed by atoms with Gasteiger partial charge in [0.1, 0.15) is 11.5 Å². The van der Waals surface area contributed by atoms with E-state index in [-0.39, 0.29) is 16.2 Å². The number of methoxy groups -OCH3 is 2. The molecule has 3 heterocycles. The first-order valence-corrected chi connectivity index (χ1v) is 20.5. The Labute approximate surface area is 336 Å². The molecule has 0 amide bonds. The highest BCUT2D eigenvalue weighted by atomic mass is 16.7. The van der Waals surface area contributed by atoms with E-state index < -0.39 is 18.1 Å². The lowest BCUT2D eigenvalue weighted by atomic mass is 9.52. The van der Waals surface area contributed by atoms with E-state index in [0.717, 1.165) is 71.3 Å². The second-order valence-electron chi connectivity index (χ2n) is 18.5. The fourth-order valence-electron chi connectivity index (χ4n) is 11.6. The van der Waals surface area contributed by atoms with Gasteiger partial charge >= 0.3 is 0 Å². The number of aryl methyl sites for hydroxylation is 1. The van der Waals surface area contributed by atoms with Gasteiger partial charge in [-0.15, -0.1) is 0 Å². The van der Waals surface area contributed by atoms with Crippen LogP contribution in [0, 0.1) is 17.8 Å². The topological polar surface area (TPSA) is 58.6 Å². The van der Waals surface area contributed by atoms with E-state index in [1.54, 1.807) is 14.2 Å². The van der Waals surface area contributed by atoms with Gasteiger partial charge in [0.2, 0.25) is 6.23 Å². The summed E-state index contributed by atoms with van der Waals surface area (Å²) in [6.07, 6.45) is 6.89. The smallest absolute Gasteiger partial charge is 0.251 e. The Morgan fingerprint density at radius 2 is 1.39 bits per heavy atom. The number of hydrogen-bond donors (Lipinski definition) is 0. The monoisotopic (exact) mass is 763 g/mol. The molecule has 3 aliphatic heterocycles. The summed E-state index contributed by atoms with van der Waals surface area (Å²) < 4.78 is 38.7. The van der Waals surface area contributed by atoms with Crippen LogP contribution >= 0.6 is 0 Å². The van der Waals surface area contributed by atoms with E-state index in [1.165, 1.54) is 27.8 Å². The van der Waals surface area contributed by atoms with Crippen LogP contribution in [0.25, 0.3) is 28.0 Å². The van der Waals surface area contributed by atoms with Crippen LogP contribution in [-0.4, -0.2) is 57.9 Å². The highest BCUT2D eigenvalue weighted by Gasteiger charge is 2.55. The van der Waals surface area contributed by atoms with Crippen molar-refractivity contribution in [2.75, 3.05) is 40.5 Å². The molecule has 2 aliphatic carbocycles. The van der Waals surface area contributed by atoms with Crippen molar-refractivity contribution in [2.45, 2.75) is 77.4 Å². The Kier molecular flexibility index (Phi) is 8.39. The van der Waals surface area contributed by atoms with Crippen molar-refractivity contribution in [3.63, 3.8) is 0 Å². The van der Waals surface area contributed by atoms with Crippen molar-refractivity contribution in [1.29, 1.82) is 0 Å². The molecule has 294 valence electrons. The highest BCUT2D eigenvalue weighted by molar-refractivity contribution is 6.09. The predicted molar refractivity (Wildman–Crippen MR) is 224 cm³/mol. The summed E-state index contributed by atoms with van der Waals surface area (Å²) in [6, 6.07) is 30.5. The molecule has 0 aromatic heterocycles. The van der Waals surface area contributed by atoms with Crippen LogP contribution in [0.3, 0.4) is 0 Å². The van der Waals surface area contributed by atoms with Crippen molar-refractivity contribution in [3.05, 3.63) is 124 Å². The van der Waals surface area contributed by atoms with Crippen molar-refractivity contribution >= 4 is 16.8 Å². The number of ether oxygens (including phenoxy) is 6. The molecular formula is C50H53NO6. The van der Waals surface area contributed by atoms with Crippen LogP contribution in [0.4, 0.5) is 0 Å². The molecule has 0 radical (unpaired) electrons. The van der Waals surface area contributed by atoms with Gasteiger partial charge in [-0.3, -0.25) is 4.90 Å². The number of benzene rings is 5. The highest BCUT2D eigenvalue weighted by Crippen LogP contribution is 2.67. The zero-order valence-corrected chi connectivity index (χ0v) is 34.2. The molecule has 0 bridgehead atoms. The molecule has 3 atom stereocenters. The van der Waals surface area contributed by atoms with Crippen LogP contribution in [0.15, 0.2) is 91.0 Å². The third-order valence-electron chi connectivity index (χ3n) is 13.2. The standard InChI is InChI=1S/C50H53NO6/c1-31-12-14-32(15-13-31)50(33-16-18-34(52-6)19-17-33)21-20-36-43-42(35-10-8-9-11-39(35)49(43)29-47(2,3)28-48(4,5)30-49)37-26-40-41(27-38(37)44(36)57-50)56-46(53-7)45(55-40)51-22-24-54-25-23-51/h8-21,26-27,45-46H,22-25,28-30H2,1-7H3. The molecule has 5 aromatic carbocycles. The molecule has 7 nitrogen and oxygen atoms in total. The van der Waals surface area contributed by atoms with Gasteiger partial charge in [0.15, 0.2) is 17.1 Å². The molecule has 1 spiro atoms. The number of nitrogens with zero attached hydrogens (tertiary/aromatic N) is 1. The third kappa shape index (κ3) is 5.71. The van der Waals surface area contributed by atoms with Gasteiger partial charge in [-0.05, 0) is 95.0 Å². The summed E-state index contributed by atoms with van der Waals surface area (Å²) in [5.41, 5.74) is 8.84. The summed E-state index contributed by atoms with van der Waals surface area (Å²) in [6.45, 7) is 14.7. The Hall–Kier alpha value is -4.82. The molecule has 2 fully saturated rings. The maximum atomic E-state index is 7.76. The van der Waals surface area contributed by atoms with Gasteiger partial charge in [0.25, 0.3) is 6.29 Å². The summed E-state index contributed by atoms with van der Waals surface area (Å²) in [7, 11) is 3.39. The van der Waals surface area contributed by atoms with Gasteiger partial charge in [0.05, 0.1) is 20.3 Å². The fraction of sp³-hybridized carbons (Fsp3) is 0.400. The molecule has 1 saturated heterocycles. The largest absolute Gasteiger partial charge is 0.497 e. The van der Waals surface area contributed by atoms with E-state index in [9.17, 15) is 0 Å². The van der Waals surface area contributed by atoms with Crippen LogP contribution in [0.2, 0.25) is 0 Å². The second kappa shape index (κ2) is 13.1. The zero-order valence-electron chi connectivity index (χ0n) is 34.2. The minimum Gasteiger partial charge on any atom is -0.497 e. The van der Waals surface area contributed by atoms with Gasteiger partial charge in [-0.1, -0.05) is 100.0 Å². The summed E-state index contributed by atoms with van der Waals surface area (Å²) in [5, 5.41) is 2.09. The Bertz CT molecular complexity index is 2390. The second-order valence-corrected chi connectivity index (χ2v) is 18.5. The normalized spacial score (nSPS) is 25.0. The van der Waals surface area contributed by atoms with Crippen LogP contribution in [-0.2, 0) is 20.5 Å². The quantitative estimate of drug-likeness (QED) is 0.177. The van der Waals surface area contributed by atoms with Gasteiger partial charge < -0.3 is 28.4 Å². The Morgan fingerprint density at radius 1 is 0.737 bits per heavy atom. The first-order chi connectivity index (χ1) is 27.4. The third-order valence-corrected chi connectivity index (χ3v) is 13.2. The van der Waals surface area contributed by atoms with Crippen molar-refractivity contribution in [1.82, 2.24) is 4.90 Å². The molecule has 3 unspecified atom stereocenters. The average Bonchev–Trinajstić information content (AvgIpc) is 3.47. The maximum absolute atomic E-state index is 7.76. The summed E-state index contributed by atoms with van der Waals surface area (Å²) >= 11 is 0. The van der Waals surface area contributed by atoms with Crippen LogP contribution < -0.4 is 18.9 Å². The van der Waals surface area contributed by atoms with E-state index in [4.69, 9.17) is 28.4 Å². The van der Waals surface area contributed by atoms with E-state index in [2.05, 4.69) is 124 Å². The molecular weight excluding hydrogens is 711 g/mol. The lowest BCUT2D eigenvalue weighted by Gasteiger charge is -2.52. The lowest BCUT2D eigenvalue weighted by molar-refractivity contribution is -0.195. The molecule has 0 N–H and O–H groups in total. The average molecular weight is 764 g/mol. The Balaban J connectivity index is 1.27. The zero-order chi connectivity index (χ0) is 39.3. The van der Waals surface area contributed by atoms with E-state index >= 15 is 0 Å². The minimum atomic E-state index is -0.915. The predicted octanol–water partition coefficient (Wildman–Crippen LogP) is 10.4. The summed E-state index contributed by atoms with van der Waals surface area (Å²) in [5.74, 6) is 3.01. The Morgan fingerprint density at radius 3 is 2.07 bits per heavy atom. The van der Waals surface area contributed by atoms with Gasteiger partial charge in [0, 0.05) is 47.7 Å². The number of fused-ring (bicyclic) bond motifs is 11. The molecule has 5 aromatic rings. The van der Waals surface area contributed by atoms with E-state index in [0.29, 0.717) is 24.7 Å². The number of morpholine rings is 1. The van der Waals surface area contributed by atoms with E-state index in [1.807, 2.05) is 12.1 Å². The first-order valence-electron chi connectivity index (χ1n) is 20.5. The molecule has 5 aliphatic rings. The van der Waals surface area contributed by atoms with Gasteiger partial charge in [-0.25, -0.2) is 0 Å². The van der Waals surface area contributed by atoms with Crippen molar-refractivity contribution in [3.8, 4) is 34.1 Å². The summed E-state index contributed by atoms with van der Waals surface area (Å²) in [4.78, 5) is 2.26. The SMILES string of the molecule is COc1ccc(C2(c3ccc(C)cc3)C=Cc3c4c(c5cc6c(cc5c3O2)OC(OC)C(N2CCOCC2)O6)-c2ccccc2C42CC(C)(C)CC(C)(C)C2)cc1. The van der Waals surface area contributed by atoms with Crippen molar-refractivity contribution < 1.29 is 28.4 Å². The lowest BCUT2D eigenvalue weighted by Crippen LogP contribution is -2.55. The molecule has 10 rings (SSSR count). The molecule has 1 saturated carbocycles. The van der Waals surface area contributed by atoms with Crippen LogP contribution in [0.1, 0.15) is 80.3 Å². The maximum Gasteiger partial charge on any atom is 0.251 e. The van der Waals surface area contributed by atoms with Gasteiger partial charge in [-0.2, -0.15) is 0 Å².